The van der Waals surface area contributed by atoms with E-state index in [4.69, 9.17) is 4.52 Å². The number of fused-ring (bicyclic) bond motifs is 1. The first-order valence-corrected chi connectivity index (χ1v) is 7.52. The van der Waals surface area contributed by atoms with E-state index >= 15 is 0 Å². The molecule has 21 heavy (non-hydrogen) atoms. The van der Waals surface area contributed by atoms with Gasteiger partial charge in [-0.2, -0.15) is 9.97 Å². The Morgan fingerprint density at radius 1 is 1.19 bits per heavy atom. The van der Waals surface area contributed by atoms with Crippen LogP contribution in [0, 0.1) is 13.8 Å². The zero-order valence-electron chi connectivity index (χ0n) is 12.1. The van der Waals surface area contributed by atoms with Gasteiger partial charge in [-0.25, -0.2) is 4.98 Å². The molecule has 0 saturated heterocycles. The Hall–Kier alpha value is -2.22. The molecule has 0 radical (unpaired) electrons. The summed E-state index contributed by atoms with van der Waals surface area (Å²) in [6.07, 6.45) is 0. The van der Waals surface area contributed by atoms with E-state index in [2.05, 4.69) is 43.7 Å². The first-order chi connectivity index (χ1) is 10.2. The van der Waals surface area contributed by atoms with Gasteiger partial charge in [0.1, 0.15) is 10.6 Å². The highest BCUT2D eigenvalue weighted by Gasteiger charge is 2.11. The van der Waals surface area contributed by atoms with E-state index in [1.165, 1.54) is 4.88 Å². The minimum Gasteiger partial charge on any atom is -0.362 e. The second-order valence-electron chi connectivity index (χ2n) is 4.59. The van der Waals surface area contributed by atoms with Crippen LogP contribution in [0.3, 0.4) is 0 Å². The second-order valence-corrected chi connectivity index (χ2v) is 5.82. The fraction of sp³-hybridized carbons (Fsp3) is 0.385. The summed E-state index contributed by atoms with van der Waals surface area (Å²) in [6, 6.07) is 2.08. The Morgan fingerprint density at radius 3 is 2.76 bits per heavy atom. The molecule has 110 valence electrons. The van der Waals surface area contributed by atoms with E-state index in [0.29, 0.717) is 24.2 Å². The van der Waals surface area contributed by atoms with Crippen molar-refractivity contribution in [2.45, 2.75) is 27.3 Å². The largest absolute Gasteiger partial charge is 0.362 e. The van der Waals surface area contributed by atoms with Crippen molar-refractivity contribution in [3.05, 3.63) is 22.7 Å². The molecule has 0 atom stereocenters. The molecule has 0 aliphatic carbocycles. The lowest BCUT2D eigenvalue weighted by atomic mass is 10.3. The molecular formula is C13H16N6OS. The van der Waals surface area contributed by atoms with Gasteiger partial charge in [0.15, 0.2) is 5.82 Å². The number of nitrogens with one attached hydrogen (secondary N) is 2. The summed E-state index contributed by atoms with van der Waals surface area (Å²) in [4.78, 5) is 15.4. The van der Waals surface area contributed by atoms with Gasteiger partial charge >= 0.3 is 0 Å². The van der Waals surface area contributed by atoms with Gasteiger partial charge in [-0.05, 0) is 19.9 Å². The van der Waals surface area contributed by atoms with Gasteiger partial charge in [0.2, 0.25) is 11.8 Å². The summed E-state index contributed by atoms with van der Waals surface area (Å²) in [6.45, 7) is 7.09. The zero-order chi connectivity index (χ0) is 14.8. The van der Waals surface area contributed by atoms with Crippen molar-refractivity contribution in [1.82, 2.24) is 20.1 Å². The predicted molar refractivity (Wildman–Crippen MR) is 82.7 cm³/mol. The van der Waals surface area contributed by atoms with Crippen molar-refractivity contribution >= 4 is 33.3 Å². The van der Waals surface area contributed by atoms with Crippen LogP contribution in [0.4, 0.5) is 11.8 Å². The fourth-order valence-corrected chi connectivity index (χ4v) is 2.87. The molecule has 0 fully saturated rings. The van der Waals surface area contributed by atoms with Crippen molar-refractivity contribution in [3.8, 4) is 0 Å². The molecule has 0 amide bonds. The third-order valence-corrected chi connectivity index (χ3v) is 3.78. The Balaban J connectivity index is 1.91. The molecule has 0 saturated carbocycles. The van der Waals surface area contributed by atoms with Crippen LogP contribution in [0.2, 0.25) is 0 Å². The summed E-state index contributed by atoms with van der Waals surface area (Å²) in [7, 11) is 0. The third-order valence-electron chi connectivity index (χ3n) is 2.83. The summed E-state index contributed by atoms with van der Waals surface area (Å²) >= 11 is 1.65. The molecule has 0 aromatic carbocycles. The lowest BCUT2D eigenvalue weighted by molar-refractivity contribution is 0.388. The lowest BCUT2D eigenvalue weighted by Crippen LogP contribution is -2.07. The molecule has 0 unspecified atom stereocenters. The van der Waals surface area contributed by atoms with Crippen LogP contribution in [0.1, 0.15) is 23.5 Å². The van der Waals surface area contributed by atoms with Crippen molar-refractivity contribution in [2.24, 2.45) is 0 Å². The molecule has 8 heteroatoms. The van der Waals surface area contributed by atoms with Crippen LogP contribution < -0.4 is 10.6 Å². The Bertz CT molecular complexity index is 765. The van der Waals surface area contributed by atoms with Crippen molar-refractivity contribution < 1.29 is 4.52 Å². The van der Waals surface area contributed by atoms with Crippen LogP contribution >= 0.6 is 11.3 Å². The van der Waals surface area contributed by atoms with Gasteiger partial charge in [-0.15, -0.1) is 11.3 Å². The van der Waals surface area contributed by atoms with Crippen molar-refractivity contribution in [2.75, 3.05) is 17.2 Å². The summed E-state index contributed by atoms with van der Waals surface area (Å²) in [5.41, 5.74) is 0. The van der Waals surface area contributed by atoms with E-state index in [0.717, 1.165) is 22.6 Å². The molecule has 0 bridgehead atoms. The van der Waals surface area contributed by atoms with Crippen LogP contribution in [-0.2, 0) is 6.54 Å². The minimum atomic E-state index is 0.462. The molecule has 3 rings (SSSR count). The van der Waals surface area contributed by atoms with E-state index < -0.39 is 0 Å². The average Bonchev–Trinajstić information content (AvgIpc) is 3.01. The molecule has 0 aliphatic rings. The molecule has 0 aliphatic heterocycles. The quantitative estimate of drug-likeness (QED) is 0.749. The maximum atomic E-state index is 4.96. The number of anilines is 2. The van der Waals surface area contributed by atoms with E-state index in [9.17, 15) is 0 Å². The van der Waals surface area contributed by atoms with Gasteiger partial charge in [0.25, 0.3) is 0 Å². The Labute approximate surface area is 125 Å². The fourth-order valence-electron chi connectivity index (χ4n) is 1.99. The van der Waals surface area contributed by atoms with Gasteiger partial charge in [-0.3, -0.25) is 0 Å². The van der Waals surface area contributed by atoms with Crippen LogP contribution in [-0.4, -0.2) is 26.7 Å². The molecule has 2 N–H and O–H groups in total. The number of aromatic nitrogens is 4. The highest BCUT2D eigenvalue weighted by atomic mass is 32.1. The maximum Gasteiger partial charge on any atom is 0.226 e. The topological polar surface area (TPSA) is 88.8 Å². The van der Waals surface area contributed by atoms with E-state index in [1.54, 1.807) is 18.3 Å². The number of rotatable bonds is 5. The normalized spacial score (nSPS) is 11.0. The maximum absolute atomic E-state index is 4.96. The monoisotopic (exact) mass is 304 g/mol. The number of aryl methyl sites for hydroxylation is 2. The molecule has 3 aromatic heterocycles. The average molecular weight is 304 g/mol. The van der Waals surface area contributed by atoms with Gasteiger partial charge in [0.05, 0.1) is 11.9 Å². The van der Waals surface area contributed by atoms with Crippen LogP contribution in [0.25, 0.3) is 10.2 Å². The van der Waals surface area contributed by atoms with E-state index in [-0.39, 0.29) is 0 Å². The second kappa shape index (κ2) is 5.65. The molecule has 3 heterocycles. The first-order valence-electron chi connectivity index (χ1n) is 6.71. The number of hydrogen-bond acceptors (Lipinski definition) is 8. The van der Waals surface area contributed by atoms with Crippen LogP contribution in [0.5, 0.6) is 0 Å². The number of hydrogen-bond donors (Lipinski definition) is 2. The smallest absolute Gasteiger partial charge is 0.226 e. The molecular weight excluding hydrogens is 288 g/mol. The number of nitrogens with zero attached hydrogens (tertiary/aromatic N) is 4. The first kappa shape index (κ1) is 13.7. The van der Waals surface area contributed by atoms with E-state index in [1.807, 2.05) is 6.92 Å². The highest BCUT2D eigenvalue weighted by Crippen LogP contribution is 2.29. The summed E-state index contributed by atoms with van der Waals surface area (Å²) in [5, 5.41) is 11.3. The van der Waals surface area contributed by atoms with Gasteiger partial charge in [0, 0.05) is 18.3 Å². The lowest BCUT2D eigenvalue weighted by Gasteiger charge is -2.07. The number of thiophene rings is 1. The summed E-state index contributed by atoms with van der Waals surface area (Å²) < 4.78 is 4.96. The minimum absolute atomic E-state index is 0.462. The molecule has 0 spiro atoms. The summed E-state index contributed by atoms with van der Waals surface area (Å²) in [5.74, 6) is 2.57. The third kappa shape index (κ3) is 2.94. The van der Waals surface area contributed by atoms with Crippen molar-refractivity contribution in [3.63, 3.8) is 0 Å². The van der Waals surface area contributed by atoms with Gasteiger partial charge < -0.3 is 15.2 Å². The molecule has 3 aromatic rings. The van der Waals surface area contributed by atoms with Gasteiger partial charge in [-0.1, -0.05) is 5.16 Å². The Kier molecular flexibility index (Phi) is 3.70. The predicted octanol–water partition coefficient (Wildman–Crippen LogP) is 2.74. The van der Waals surface area contributed by atoms with Crippen molar-refractivity contribution in [1.29, 1.82) is 0 Å². The molecule has 7 nitrogen and oxygen atoms in total. The SMILES string of the molecule is CCNc1nc(NCc2noc(C)n2)c2cc(C)sc2n1. The Morgan fingerprint density at radius 2 is 2.05 bits per heavy atom. The zero-order valence-corrected chi connectivity index (χ0v) is 12.9. The standard InChI is InChI=1S/C13H16N6OS/c1-4-14-13-17-11(9-5-7(2)21-12(9)18-13)15-6-10-16-8(3)20-19-10/h5H,4,6H2,1-3H3,(H2,14,15,17,18). The van der Waals surface area contributed by atoms with Crippen LogP contribution in [0.15, 0.2) is 10.6 Å². The highest BCUT2D eigenvalue weighted by molar-refractivity contribution is 7.18.